The van der Waals surface area contributed by atoms with E-state index >= 15 is 0 Å². The third-order valence-corrected chi connectivity index (χ3v) is 0.968. The smallest absolute Gasteiger partial charge is 0.0701 e. The number of aliphatic hydroxyl groups excluding tert-OH is 1. The number of hydrogen-bond donors (Lipinski definition) is 1. The summed E-state index contributed by atoms with van der Waals surface area (Å²) in [5.74, 6) is 0. The van der Waals surface area contributed by atoms with Crippen LogP contribution >= 0.6 is 0 Å². The molecule has 0 spiro atoms. The van der Waals surface area contributed by atoms with Crippen LogP contribution in [-0.2, 0) is 9.47 Å². The number of hydrogen-bond acceptors (Lipinski definition) is 3. The minimum Gasteiger partial charge on any atom is -0.396 e. The average molecular weight is 148 g/mol. The van der Waals surface area contributed by atoms with E-state index in [1.165, 1.54) is 0 Å². The Balaban J connectivity index is 0.000000180. The largest absolute Gasteiger partial charge is 0.396 e. The van der Waals surface area contributed by atoms with Gasteiger partial charge in [-0.3, -0.25) is 0 Å². The fourth-order valence-corrected chi connectivity index (χ4v) is 0.440. The van der Waals surface area contributed by atoms with E-state index in [0.717, 1.165) is 32.8 Å². The molecule has 0 bridgehead atoms. The number of ether oxygens (including phenoxy) is 2. The maximum absolute atomic E-state index is 7.88. The Morgan fingerprint density at radius 3 is 1.50 bits per heavy atom. The topological polar surface area (TPSA) is 38.7 Å². The van der Waals surface area contributed by atoms with Crippen LogP contribution in [0.4, 0.5) is 0 Å². The highest BCUT2D eigenvalue weighted by atomic mass is 16.6. The van der Waals surface area contributed by atoms with E-state index < -0.39 is 0 Å². The van der Waals surface area contributed by atoms with Crippen LogP contribution in [0.1, 0.15) is 13.3 Å². The van der Waals surface area contributed by atoms with Crippen molar-refractivity contribution in [1.29, 1.82) is 0 Å². The van der Waals surface area contributed by atoms with Gasteiger partial charge in [0.15, 0.2) is 0 Å². The van der Waals surface area contributed by atoms with Crippen molar-refractivity contribution in [2.75, 3.05) is 33.0 Å². The minimum absolute atomic E-state index is 0.319. The molecule has 1 heterocycles. The average Bonchev–Trinajstić information content (AvgIpc) is 2.08. The van der Waals surface area contributed by atoms with Crippen molar-refractivity contribution in [2.24, 2.45) is 0 Å². The van der Waals surface area contributed by atoms with E-state index in [9.17, 15) is 0 Å². The van der Waals surface area contributed by atoms with Crippen molar-refractivity contribution in [1.82, 2.24) is 0 Å². The molecule has 1 saturated heterocycles. The van der Waals surface area contributed by atoms with Gasteiger partial charge in [-0.1, -0.05) is 6.92 Å². The second-order valence-electron chi connectivity index (χ2n) is 1.95. The highest BCUT2D eigenvalue weighted by Crippen LogP contribution is 1.85. The molecule has 1 N–H and O–H groups in total. The van der Waals surface area contributed by atoms with Gasteiger partial charge in [0, 0.05) is 6.61 Å². The van der Waals surface area contributed by atoms with Gasteiger partial charge >= 0.3 is 0 Å². The van der Waals surface area contributed by atoms with E-state index in [1.54, 1.807) is 0 Å². The van der Waals surface area contributed by atoms with Gasteiger partial charge in [-0.05, 0) is 6.42 Å². The Morgan fingerprint density at radius 2 is 1.40 bits per heavy atom. The quantitative estimate of drug-likeness (QED) is 0.585. The van der Waals surface area contributed by atoms with E-state index in [0.29, 0.717) is 6.61 Å². The molecule has 1 aliphatic heterocycles. The zero-order valence-corrected chi connectivity index (χ0v) is 6.51. The zero-order valence-electron chi connectivity index (χ0n) is 6.51. The molecule has 0 saturated carbocycles. The summed E-state index contributed by atoms with van der Waals surface area (Å²) in [5.41, 5.74) is 0. The maximum atomic E-state index is 7.88. The molecule has 0 radical (unpaired) electrons. The second-order valence-corrected chi connectivity index (χ2v) is 1.95. The van der Waals surface area contributed by atoms with Gasteiger partial charge in [-0.2, -0.15) is 0 Å². The van der Waals surface area contributed by atoms with Crippen molar-refractivity contribution in [3.8, 4) is 0 Å². The fourth-order valence-electron chi connectivity index (χ4n) is 0.440. The first-order chi connectivity index (χ1) is 4.91. The van der Waals surface area contributed by atoms with Crippen LogP contribution in [0.15, 0.2) is 0 Å². The van der Waals surface area contributed by atoms with Crippen LogP contribution in [0.5, 0.6) is 0 Å². The van der Waals surface area contributed by atoms with Crippen molar-refractivity contribution in [3.05, 3.63) is 0 Å². The molecular weight excluding hydrogens is 132 g/mol. The SMILES string of the molecule is C1COCCO1.CCCO. The molecule has 0 amide bonds. The lowest BCUT2D eigenvalue weighted by atomic mass is 10.5. The first-order valence-electron chi connectivity index (χ1n) is 3.68. The normalized spacial score (nSPS) is 17.4. The Hall–Kier alpha value is -0.120. The van der Waals surface area contributed by atoms with Crippen molar-refractivity contribution in [2.45, 2.75) is 13.3 Å². The molecule has 1 rings (SSSR count). The van der Waals surface area contributed by atoms with Crippen LogP contribution in [0, 0.1) is 0 Å². The highest BCUT2D eigenvalue weighted by molar-refractivity contribution is 4.37. The lowest BCUT2D eigenvalue weighted by molar-refractivity contribution is -0.0334. The fraction of sp³-hybridized carbons (Fsp3) is 1.00. The molecule has 1 fully saturated rings. The predicted octanol–water partition coefficient (Wildman–Crippen LogP) is 0.422. The van der Waals surface area contributed by atoms with E-state index in [-0.39, 0.29) is 0 Å². The van der Waals surface area contributed by atoms with Crippen LogP contribution in [0.3, 0.4) is 0 Å². The molecule has 0 unspecified atom stereocenters. The van der Waals surface area contributed by atoms with Gasteiger partial charge in [-0.25, -0.2) is 0 Å². The summed E-state index contributed by atoms with van der Waals surface area (Å²) in [6.45, 7) is 5.36. The van der Waals surface area contributed by atoms with Crippen LogP contribution < -0.4 is 0 Å². The summed E-state index contributed by atoms with van der Waals surface area (Å²) in [6, 6.07) is 0. The van der Waals surface area contributed by atoms with Gasteiger partial charge in [0.1, 0.15) is 0 Å². The molecule has 3 heteroatoms. The third kappa shape index (κ3) is 7.88. The van der Waals surface area contributed by atoms with Gasteiger partial charge < -0.3 is 14.6 Å². The highest BCUT2D eigenvalue weighted by Gasteiger charge is 1.94. The predicted molar refractivity (Wildman–Crippen MR) is 39.0 cm³/mol. The van der Waals surface area contributed by atoms with Gasteiger partial charge in [-0.15, -0.1) is 0 Å². The molecule has 0 aliphatic carbocycles. The van der Waals surface area contributed by atoms with Crippen LogP contribution in [-0.4, -0.2) is 38.1 Å². The first-order valence-corrected chi connectivity index (χ1v) is 3.68. The van der Waals surface area contributed by atoms with Crippen molar-refractivity contribution >= 4 is 0 Å². The first kappa shape index (κ1) is 9.88. The summed E-state index contributed by atoms with van der Waals surface area (Å²) in [4.78, 5) is 0. The van der Waals surface area contributed by atoms with Gasteiger partial charge in [0.25, 0.3) is 0 Å². The Kier molecular flexibility index (Phi) is 8.77. The molecule has 0 atom stereocenters. The monoisotopic (exact) mass is 148 g/mol. The van der Waals surface area contributed by atoms with Gasteiger partial charge in [0.2, 0.25) is 0 Å². The Labute approximate surface area is 62.0 Å². The summed E-state index contributed by atoms with van der Waals surface area (Å²) in [6.07, 6.45) is 0.875. The zero-order chi connectivity index (χ0) is 7.66. The molecule has 1 aliphatic rings. The summed E-state index contributed by atoms with van der Waals surface area (Å²) < 4.78 is 9.89. The summed E-state index contributed by atoms with van der Waals surface area (Å²) in [7, 11) is 0. The Morgan fingerprint density at radius 1 is 1.10 bits per heavy atom. The lowest BCUT2D eigenvalue weighted by Crippen LogP contribution is -2.16. The lowest BCUT2D eigenvalue weighted by Gasteiger charge is -2.09. The molecule has 0 aromatic rings. The Bertz CT molecular complexity index is 39.3. The molecule has 62 valence electrons. The van der Waals surface area contributed by atoms with Crippen molar-refractivity contribution < 1.29 is 14.6 Å². The van der Waals surface area contributed by atoms with E-state index in [2.05, 4.69) is 0 Å². The molecule has 10 heavy (non-hydrogen) atoms. The molecular formula is C7H16O3. The summed E-state index contributed by atoms with van der Waals surface area (Å²) in [5, 5.41) is 7.88. The minimum atomic E-state index is 0.319. The van der Waals surface area contributed by atoms with Gasteiger partial charge in [0.05, 0.1) is 26.4 Å². The third-order valence-electron chi connectivity index (χ3n) is 0.968. The van der Waals surface area contributed by atoms with Crippen LogP contribution in [0.2, 0.25) is 0 Å². The molecule has 0 aromatic carbocycles. The van der Waals surface area contributed by atoms with E-state index in [4.69, 9.17) is 14.6 Å². The van der Waals surface area contributed by atoms with E-state index in [1.807, 2.05) is 6.92 Å². The van der Waals surface area contributed by atoms with Crippen LogP contribution in [0.25, 0.3) is 0 Å². The van der Waals surface area contributed by atoms with Crippen molar-refractivity contribution in [3.63, 3.8) is 0 Å². The number of aliphatic hydroxyl groups is 1. The maximum Gasteiger partial charge on any atom is 0.0701 e. The molecule has 3 nitrogen and oxygen atoms in total. The summed E-state index contributed by atoms with van der Waals surface area (Å²) >= 11 is 0. The number of rotatable bonds is 1. The standard InChI is InChI=1S/C4H8O2.C3H8O/c1-2-6-4-3-5-1;1-2-3-4/h1-4H2;4H,2-3H2,1H3. The second kappa shape index (κ2) is 8.88. The molecule has 0 aromatic heterocycles.